The van der Waals surface area contributed by atoms with E-state index in [-0.39, 0.29) is 11.7 Å². The molecule has 3 N–H and O–H groups in total. The average Bonchev–Trinajstić information content (AvgIpc) is 2.42. The minimum absolute atomic E-state index is 0.130. The number of carbonyl (C=O) groups excluding carboxylic acids is 1. The van der Waals surface area contributed by atoms with E-state index in [1.807, 2.05) is 13.0 Å². The second kappa shape index (κ2) is 6.74. The van der Waals surface area contributed by atoms with E-state index in [0.29, 0.717) is 21.3 Å². The Labute approximate surface area is 130 Å². The zero-order valence-corrected chi connectivity index (χ0v) is 13.0. The van der Waals surface area contributed by atoms with E-state index in [4.69, 9.17) is 17.3 Å². The summed E-state index contributed by atoms with van der Waals surface area (Å²) in [7, 11) is -1.44. The van der Waals surface area contributed by atoms with Crippen molar-refractivity contribution in [3.63, 3.8) is 0 Å². The van der Waals surface area contributed by atoms with Gasteiger partial charge in [0.1, 0.15) is 5.75 Å². The van der Waals surface area contributed by atoms with Gasteiger partial charge in [-0.05, 0) is 42.8 Å². The summed E-state index contributed by atoms with van der Waals surface area (Å²) in [6.07, 6.45) is 0. The van der Waals surface area contributed by atoms with Gasteiger partial charge in [-0.25, -0.2) is 0 Å². The van der Waals surface area contributed by atoms with Gasteiger partial charge in [-0.15, -0.1) is 0 Å². The molecule has 1 unspecified atom stereocenters. The van der Waals surface area contributed by atoms with Gasteiger partial charge in [-0.3, -0.25) is 9.00 Å². The molecule has 0 saturated carbocycles. The maximum Gasteiger partial charge on any atom is 0.237 e. The van der Waals surface area contributed by atoms with Crippen LogP contribution in [0.4, 0.5) is 11.4 Å². The number of hydrogen-bond donors (Lipinski definition) is 2. The first-order valence-electron chi connectivity index (χ1n) is 6.25. The zero-order valence-electron chi connectivity index (χ0n) is 11.4. The fourth-order valence-corrected chi connectivity index (χ4v) is 2.99. The highest BCUT2D eigenvalue weighted by Gasteiger charge is 2.12. The highest BCUT2D eigenvalue weighted by Crippen LogP contribution is 2.19. The van der Waals surface area contributed by atoms with Crippen molar-refractivity contribution in [2.24, 2.45) is 0 Å². The lowest BCUT2D eigenvalue weighted by atomic mass is 10.2. The summed E-state index contributed by atoms with van der Waals surface area (Å²) in [4.78, 5) is 12.5. The van der Waals surface area contributed by atoms with Gasteiger partial charge in [0.05, 0.1) is 10.8 Å². The van der Waals surface area contributed by atoms with Crippen LogP contribution in [0.15, 0.2) is 47.4 Å². The SMILES string of the molecule is Cc1ccc(N)cc1NC(=O)CS(=O)c1cccc(Cl)c1. The fourth-order valence-electron chi connectivity index (χ4n) is 1.77. The Morgan fingerprint density at radius 2 is 2.05 bits per heavy atom. The topological polar surface area (TPSA) is 72.2 Å². The Hall–Kier alpha value is -1.85. The van der Waals surface area contributed by atoms with Gasteiger partial charge in [0.15, 0.2) is 0 Å². The van der Waals surface area contributed by atoms with Gasteiger partial charge in [0.2, 0.25) is 5.91 Å². The minimum Gasteiger partial charge on any atom is -0.399 e. The van der Waals surface area contributed by atoms with Crippen molar-refractivity contribution in [3.8, 4) is 0 Å². The molecule has 0 radical (unpaired) electrons. The smallest absolute Gasteiger partial charge is 0.237 e. The van der Waals surface area contributed by atoms with Crippen molar-refractivity contribution in [2.45, 2.75) is 11.8 Å². The first-order chi connectivity index (χ1) is 9.95. The number of amides is 1. The first kappa shape index (κ1) is 15.5. The quantitative estimate of drug-likeness (QED) is 0.850. The predicted molar refractivity (Wildman–Crippen MR) is 86.9 cm³/mol. The van der Waals surface area contributed by atoms with Crippen molar-refractivity contribution in [3.05, 3.63) is 53.1 Å². The Balaban J connectivity index is 2.05. The number of nitrogen functional groups attached to an aromatic ring is 1. The van der Waals surface area contributed by atoms with Crippen molar-refractivity contribution < 1.29 is 9.00 Å². The molecule has 0 aliphatic rings. The van der Waals surface area contributed by atoms with E-state index >= 15 is 0 Å². The fraction of sp³-hybridized carbons (Fsp3) is 0.133. The molecule has 2 rings (SSSR count). The first-order valence-corrected chi connectivity index (χ1v) is 7.95. The lowest BCUT2D eigenvalue weighted by Crippen LogP contribution is -2.20. The highest BCUT2D eigenvalue weighted by molar-refractivity contribution is 7.85. The molecule has 0 bridgehead atoms. The van der Waals surface area contributed by atoms with E-state index < -0.39 is 10.8 Å². The van der Waals surface area contributed by atoms with Gasteiger partial charge < -0.3 is 11.1 Å². The number of carbonyl (C=O) groups is 1. The summed E-state index contributed by atoms with van der Waals surface area (Å²) in [5.74, 6) is -0.462. The molecule has 0 saturated heterocycles. The summed E-state index contributed by atoms with van der Waals surface area (Å²) < 4.78 is 12.1. The van der Waals surface area contributed by atoms with Crippen LogP contribution in [0.5, 0.6) is 0 Å². The third-order valence-corrected chi connectivity index (χ3v) is 4.40. The van der Waals surface area contributed by atoms with Crippen LogP contribution in [-0.4, -0.2) is 15.9 Å². The molecule has 2 aromatic rings. The van der Waals surface area contributed by atoms with Gasteiger partial charge >= 0.3 is 0 Å². The molecule has 110 valence electrons. The molecule has 4 nitrogen and oxygen atoms in total. The van der Waals surface area contributed by atoms with Gasteiger partial charge in [0.25, 0.3) is 0 Å². The van der Waals surface area contributed by atoms with E-state index in [9.17, 15) is 9.00 Å². The summed E-state index contributed by atoms with van der Waals surface area (Å²) in [5, 5.41) is 3.21. The van der Waals surface area contributed by atoms with Crippen LogP contribution < -0.4 is 11.1 Å². The van der Waals surface area contributed by atoms with Crippen LogP contribution in [-0.2, 0) is 15.6 Å². The van der Waals surface area contributed by atoms with Crippen molar-refractivity contribution in [1.29, 1.82) is 0 Å². The standard InChI is InChI=1S/C15H15ClN2O2S/c1-10-5-6-12(17)8-14(10)18-15(19)9-21(20)13-4-2-3-11(16)7-13/h2-8H,9,17H2,1H3,(H,18,19). The number of rotatable bonds is 4. The molecule has 1 amide bonds. The molecular weight excluding hydrogens is 308 g/mol. The molecule has 0 aromatic heterocycles. The van der Waals surface area contributed by atoms with Crippen molar-refractivity contribution in [2.75, 3.05) is 16.8 Å². The Kier molecular flexibility index (Phi) is 4.98. The Morgan fingerprint density at radius 1 is 1.29 bits per heavy atom. The number of aryl methyl sites for hydroxylation is 1. The number of nitrogens with one attached hydrogen (secondary N) is 1. The second-order valence-corrected chi connectivity index (χ2v) is 6.46. The third-order valence-electron chi connectivity index (χ3n) is 2.86. The second-order valence-electron chi connectivity index (χ2n) is 4.57. The Morgan fingerprint density at radius 3 is 2.76 bits per heavy atom. The molecule has 2 aromatic carbocycles. The molecule has 0 spiro atoms. The maximum absolute atomic E-state index is 12.1. The average molecular weight is 323 g/mol. The summed E-state index contributed by atoms with van der Waals surface area (Å²) in [6.45, 7) is 1.86. The zero-order chi connectivity index (χ0) is 15.4. The molecule has 0 fully saturated rings. The molecule has 21 heavy (non-hydrogen) atoms. The highest BCUT2D eigenvalue weighted by atomic mass is 35.5. The molecule has 1 atom stereocenters. The molecule has 0 heterocycles. The van der Waals surface area contributed by atoms with Crippen molar-refractivity contribution >= 4 is 39.7 Å². The third kappa shape index (κ3) is 4.31. The summed E-state index contributed by atoms with van der Waals surface area (Å²) in [6, 6.07) is 11.9. The van der Waals surface area contributed by atoms with E-state index in [1.165, 1.54) is 0 Å². The molecule has 0 aliphatic carbocycles. The number of benzene rings is 2. The molecular formula is C15H15ClN2O2S. The van der Waals surface area contributed by atoms with Gasteiger partial charge in [-0.2, -0.15) is 0 Å². The number of nitrogens with two attached hydrogens (primary N) is 1. The lowest BCUT2D eigenvalue weighted by Gasteiger charge is -2.09. The van der Waals surface area contributed by atoms with E-state index in [1.54, 1.807) is 36.4 Å². The minimum atomic E-state index is -1.44. The van der Waals surface area contributed by atoms with Crippen LogP contribution in [0.2, 0.25) is 5.02 Å². The predicted octanol–water partition coefficient (Wildman–Crippen LogP) is 2.98. The van der Waals surface area contributed by atoms with E-state index in [0.717, 1.165) is 5.56 Å². The van der Waals surface area contributed by atoms with Crippen LogP contribution in [0.1, 0.15) is 5.56 Å². The van der Waals surface area contributed by atoms with Gasteiger partial charge in [-0.1, -0.05) is 23.7 Å². The van der Waals surface area contributed by atoms with E-state index in [2.05, 4.69) is 5.32 Å². The molecule has 6 heteroatoms. The monoisotopic (exact) mass is 322 g/mol. The van der Waals surface area contributed by atoms with Crippen LogP contribution in [0.3, 0.4) is 0 Å². The largest absolute Gasteiger partial charge is 0.399 e. The van der Waals surface area contributed by atoms with Crippen LogP contribution >= 0.6 is 11.6 Å². The number of halogens is 1. The normalized spacial score (nSPS) is 11.9. The van der Waals surface area contributed by atoms with Crippen LogP contribution in [0.25, 0.3) is 0 Å². The Bertz CT molecular complexity index is 704. The van der Waals surface area contributed by atoms with Crippen molar-refractivity contribution in [1.82, 2.24) is 0 Å². The summed E-state index contributed by atoms with van der Waals surface area (Å²) in [5.41, 5.74) is 7.77. The van der Waals surface area contributed by atoms with Gasteiger partial charge in [0, 0.05) is 21.3 Å². The maximum atomic E-state index is 12.1. The number of anilines is 2. The lowest BCUT2D eigenvalue weighted by molar-refractivity contribution is -0.113. The number of hydrogen-bond acceptors (Lipinski definition) is 3. The van der Waals surface area contributed by atoms with Crippen LogP contribution in [0, 0.1) is 6.92 Å². The molecule has 0 aliphatic heterocycles. The summed E-state index contributed by atoms with van der Waals surface area (Å²) >= 11 is 5.84.